The largest absolute Gasteiger partial charge is 0.342 e. The number of aromatic nitrogens is 3. The van der Waals surface area contributed by atoms with E-state index < -0.39 is 0 Å². The Kier molecular flexibility index (Phi) is 6.75. The average molecular weight is 415 g/mol. The summed E-state index contributed by atoms with van der Waals surface area (Å²) in [5.74, 6) is 1.41. The maximum Gasteiger partial charge on any atom is 0.251 e. The van der Waals surface area contributed by atoms with Crippen LogP contribution in [0.4, 0.5) is 0 Å². The number of amides is 1. The summed E-state index contributed by atoms with van der Waals surface area (Å²) in [5.41, 5.74) is 2.93. The molecule has 28 heavy (non-hydrogen) atoms. The molecule has 0 fully saturated rings. The Hall–Kier alpha value is -2.31. The zero-order valence-corrected chi connectivity index (χ0v) is 17.7. The summed E-state index contributed by atoms with van der Waals surface area (Å²) in [6.45, 7) is 6.71. The van der Waals surface area contributed by atoms with Gasteiger partial charge in [-0.15, -0.1) is 10.2 Å². The van der Waals surface area contributed by atoms with Gasteiger partial charge < -0.3 is 9.88 Å². The number of nitrogens with zero attached hydrogens (tertiary/aromatic N) is 3. The van der Waals surface area contributed by atoms with Gasteiger partial charge in [0.25, 0.3) is 5.91 Å². The number of aryl methyl sites for hydroxylation is 1. The molecule has 1 aromatic heterocycles. The first-order chi connectivity index (χ1) is 13.5. The molecule has 1 heterocycles. The SMILES string of the molecule is CCn1c(SCc2ccc(Cl)cc2)nnc1C(C)NC(=O)c1ccc(C)cc1. The maximum absolute atomic E-state index is 12.5. The van der Waals surface area contributed by atoms with E-state index in [2.05, 4.69) is 15.5 Å². The van der Waals surface area contributed by atoms with Gasteiger partial charge in [0.2, 0.25) is 0 Å². The molecule has 3 rings (SSSR count). The molecule has 0 aliphatic heterocycles. The fraction of sp³-hybridized carbons (Fsp3) is 0.286. The van der Waals surface area contributed by atoms with Crippen molar-refractivity contribution in [2.75, 3.05) is 0 Å². The molecule has 0 aliphatic carbocycles. The number of rotatable bonds is 7. The number of benzene rings is 2. The Balaban J connectivity index is 1.68. The van der Waals surface area contributed by atoms with Crippen molar-refractivity contribution in [2.24, 2.45) is 0 Å². The van der Waals surface area contributed by atoms with Crippen molar-refractivity contribution < 1.29 is 4.79 Å². The fourth-order valence-corrected chi connectivity index (χ4v) is 3.89. The van der Waals surface area contributed by atoms with E-state index in [4.69, 9.17) is 11.6 Å². The summed E-state index contributed by atoms with van der Waals surface area (Å²) >= 11 is 7.56. The van der Waals surface area contributed by atoms with Crippen LogP contribution in [-0.2, 0) is 12.3 Å². The lowest BCUT2D eigenvalue weighted by molar-refractivity contribution is 0.0937. The quantitative estimate of drug-likeness (QED) is 0.550. The highest BCUT2D eigenvalue weighted by Gasteiger charge is 2.19. The summed E-state index contributed by atoms with van der Waals surface area (Å²) in [5, 5.41) is 13.2. The van der Waals surface area contributed by atoms with Gasteiger partial charge >= 0.3 is 0 Å². The van der Waals surface area contributed by atoms with Gasteiger partial charge in [0.15, 0.2) is 11.0 Å². The number of carbonyl (C=O) groups excluding carboxylic acids is 1. The molecule has 7 heteroatoms. The normalized spacial score (nSPS) is 12.0. The third-order valence-corrected chi connectivity index (χ3v) is 5.68. The van der Waals surface area contributed by atoms with E-state index in [1.807, 2.05) is 73.9 Å². The predicted molar refractivity (Wildman–Crippen MR) is 114 cm³/mol. The van der Waals surface area contributed by atoms with Gasteiger partial charge in [0, 0.05) is 22.9 Å². The molecule has 146 valence electrons. The van der Waals surface area contributed by atoms with Crippen LogP contribution in [0.2, 0.25) is 5.02 Å². The summed E-state index contributed by atoms with van der Waals surface area (Å²) < 4.78 is 2.04. The second kappa shape index (κ2) is 9.26. The van der Waals surface area contributed by atoms with Crippen LogP contribution in [0.5, 0.6) is 0 Å². The smallest absolute Gasteiger partial charge is 0.251 e. The lowest BCUT2D eigenvalue weighted by Gasteiger charge is -2.15. The molecule has 0 saturated carbocycles. The predicted octanol–water partition coefficient (Wildman–Crippen LogP) is 5.04. The van der Waals surface area contributed by atoms with E-state index in [1.165, 1.54) is 5.56 Å². The van der Waals surface area contributed by atoms with Crippen molar-refractivity contribution in [2.45, 2.75) is 44.3 Å². The second-order valence-electron chi connectivity index (χ2n) is 6.56. The first-order valence-corrected chi connectivity index (χ1v) is 10.5. The molecule has 1 atom stereocenters. The Bertz CT molecular complexity index is 938. The van der Waals surface area contributed by atoms with Gasteiger partial charge in [-0.05, 0) is 50.6 Å². The van der Waals surface area contributed by atoms with Gasteiger partial charge in [-0.3, -0.25) is 4.79 Å². The molecule has 5 nitrogen and oxygen atoms in total. The minimum Gasteiger partial charge on any atom is -0.342 e. The molecule has 1 unspecified atom stereocenters. The van der Waals surface area contributed by atoms with Gasteiger partial charge in [0.1, 0.15) is 0 Å². The van der Waals surface area contributed by atoms with Crippen molar-refractivity contribution in [3.05, 3.63) is 76.1 Å². The number of carbonyl (C=O) groups is 1. The van der Waals surface area contributed by atoms with Crippen molar-refractivity contribution in [1.29, 1.82) is 0 Å². The van der Waals surface area contributed by atoms with Crippen LogP contribution in [0, 0.1) is 6.92 Å². The molecule has 0 radical (unpaired) electrons. The van der Waals surface area contributed by atoms with Crippen molar-refractivity contribution in [3.8, 4) is 0 Å². The standard InChI is InChI=1S/C21H23ClN4OS/c1-4-26-19(15(3)23-20(27)17-9-5-14(2)6-10-17)24-25-21(26)28-13-16-7-11-18(22)12-8-16/h5-12,15H,4,13H2,1-3H3,(H,23,27). The Morgan fingerprint density at radius 3 is 2.46 bits per heavy atom. The molecule has 0 aliphatic rings. The Morgan fingerprint density at radius 2 is 1.82 bits per heavy atom. The van der Waals surface area contributed by atoms with E-state index in [0.29, 0.717) is 5.56 Å². The monoisotopic (exact) mass is 414 g/mol. The number of hydrogen-bond acceptors (Lipinski definition) is 4. The van der Waals surface area contributed by atoms with Gasteiger partial charge in [-0.25, -0.2) is 0 Å². The van der Waals surface area contributed by atoms with Crippen molar-refractivity contribution in [1.82, 2.24) is 20.1 Å². The Labute approximate surface area is 174 Å². The first kappa shape index (κ1) is 20.4. The van der Waals surface area contributed by atoms with Gasteiger partial charge in [-0.1, -0.05) is 53.2 Å². The number of hydrogen-bond donors (Lipinski definition) is 1. The fourth-order valence-electron chi connectivity index (χ4n) is 2.80. The molecule has 1 N–H and O–H groups in total. The lowest BCUT2D eigenvalue weighted by atomic mass is 10.1. The Morgan fingerprint density at radius 1 is 1.14 bits per heavy atom. The van der Waals surface area contributed by atoms with Crippen LogP contribution < -0.4 is 5.32 Å². The zero-order chi connectivity index (χ0) is 20.1. The highest BCUT2D eigenvalue weighted by Crippen LogP contribution is 2.25. The zero-order valence-electron chi connectivity index (χ0n) is 16.1. The van der Waals surface area contributed by atoms with Crippen LogP contribution in [-0.4, -0.2) is 20.7 Å². The van der Waals surface area contributed by atoms with Crippen molar-refractivity contribution >= 4 is 29.3 Å². The third kappa shape index (κ3) is 4.94. The van der Waals surface area contributed by atoms with E-state index in [1.54, 1.807) is 11.8 Å². The van der Waals surface area contributed by atoms with Crippen LogP contribution in [0.15, 0.2) is 53.7 Å². The number of halogens is 1. The molecule has 1 amide bonds. The molecule has 3 aromatic rings. The summed E-state index contributed by atoms with van der Waals surface area (Å²) in [4.78, 5) is 12.5. The molecule has 0 saturated heterocycles. The van der Waals surface area contributed by atoms with Crippen LogP contribution in [0.25, 0.3) is 0 Å². The van der Waals surface area contributed by atoms with E-state index in [-0.39, 0.29) is 11.9 Å². The van der Waals surface area contributed by atoms with Gasteiger partial charge in [-0.2, -0.15) is 0 Å². The molecule has 0 bridgehead atoms. The summed E-state index contributed by atoms with van der Waals surface area (Å²) in [7, 11) is 0. The minimum absolute atomic E-state index is 0.117. The average Bonchev–Trinajstić information content (AvgIpc) is 3.11. The second-order valence-corrected chi connectivity index (χ2v) is 7.94. The maximum atomic E-state index is 12.5. The van der Waals surface area contributed by atoms with E-state index in [9.17, 15) is 4.79 Å². The van der Waals surface area contributed by atoms with E-state index in [0.717, 1.165) is 33.9 Å². The summed E-state index contributed by atoms with van der Waals surface area (Å²) in [6, 6.07) is 15.1. The molecular formula is C21H23ClN4OS. The van der Waals surface area contributed by atoms with Crippen LogP contribution >= 0.6 is 23.4 Å². The highest BCUT2D eigenvalue weighted by atomic mass is 35.5. The molecular weight excluding hydrogens is 392 g/mol. The minimum atomic E-state index is -0.244. The summed E-state index contributed by atoms with van der Waals surface area (Å²) in [6.07, 6.45) is 0. The van der Waals surface area contributed by atoms with Gasteiger partial charge in [0.05, 0.1) is 6.04 Å². The van der Waals surface area contributed by atoms with Crippen LogP contribution in [0.3, 0.4) is 0 Å². The highest BCUT2D eigenvalue weighted by molar-refractivity contribution is 7.98. The topological polar surface area (TPSA) is 59.8 Å². The lowest BCUT2D eigenvalue weighted by Crippen LogP contribution is -2.28. The molecule has 2 aromatic carbocycles. The first-order valence-electron chi connectivity index (χ1n) is 9.15. The van der Waals surface area contributed by atoms with E-state index >= 15 is 0 Å². The van der Waals surface area contributed by atoms with Crippen LogP contribution in [0.1, 0.15) is 47.2 Å². The third-order valence-electron chi connectivity index (χ3n) is 4.39. The number of thioether (sulfide) groups is 1. The van der Waals surface area contributed by atoms with Crippen molar-refractivity contribution in [3.63, 3.8) is 0 Å². The number of nitrogens with one attached hydrogen (secondary N) is 1. The molecule has 0 spiro atoms.